The minimum atomic E-state index is -0.820. The first kappa shape index (κ1) is 14.0. The standard InChI is InChI=1S/C12H22N2O3/c1-3-7-13-11(15)9(2)14-8-5-4-6-10(14)12(16)17/h9-10H,3-8H2,1-2H3,(H,13,15)(H,16,17). The number of aliphatic carboxylic acids is 1. The Balaban J connectivity index is 2.61. The molecular weight excluding hydrogens is 220 g/mol. The Morgan fingerprint density at radius 1 is 1.47 bits per heavy atom. The van der Waals surface area contributed by atoms with E-state index >= 15 is 0 Å². The van der Waals surface area contributed by atoms with Crippen molar-refractivity contribution in [1.29, 1.82) is 0 Å². The molecule has 5 heteroatoms. The highest BCUT2D eigenvalue weighted by atomic mass is 16.4. The number of nitrogens with zero attached hydrogens (tertiary/aromatic N) is 1. The van der Waals surface area contributed by atoms with Gasteiger partial charge in [-0.25, -0.2) is 0 Å². The lowest BCUT2D eigenvalue weighted by molar-refractivity contribution is -0.147. The third kappa shape index (κ3) is 3.70. The van der Waals surface area contributed by atoms with Gasteiger partial charge in [-0.2, -0.15) is 0 Å². The number of amides is 1. The molecule has 98 valence electrons. The van der Waals surface area contributed by atoms with Crippen LogP contribution in [0.25, 0.3) is 0 Å². The molecule has 1 amide bonds. The molecule has 1 aliphatic rings. The minimum absolute atomic E-state index is 0.0694. The fraction of sp³-hybridized carbons (Fsp3) is 0.833. The van der Waals surface area contributed by atoms with Crippen molar-refractivity contribution < 1.29 is 14.7 Å². The normalized spacial score (nSPS) is 23.1. The first-order chi connectivity index (χ1) is 8.07. The summed E-state index contributed by atoms with van der Waals surface area (Å²) in [6, 6.07) is -0.867. The Kier molecular flexibility index (Phi) is 5.41. The van der Waals surface area contributed by atoms with Crippen molar-refractivity contribution in [3.63, 3.8) is 0 Å². The summed E-state index contributed by atoms with van der Waals surface area (Å²) >= 11 is 0. The second-order valence-corrected chi connectivity index (χ2v) is 4.55. The van der Waals surface area contributed by atoms with Gasteiger partial charge in [-0.1, -0.05) is 13.3 Å². The predicted octanol–water partition coefficient (Wildman–Crippen LogP) is 0.840. The average Bonchev–Trinajstić information content (AvgIpc) is 2.34. The number of piperidine rings is 1. The van der Waals surface area contributed by atoms with Crippen LogP contribution in [0.2, 0.25) is 0 Å². The number of carbonyl (C=O) groups is 2. The SMILES string of the molecule is CCCNC(=O)C(C)N1CCCCC1C(=O)O. The molecule has 5 nitrogen and oxygen atoms in total. The maximum absolute atomic E-state index is 11.8. The number of rotatable bonds is 5. The lowest BCUT2D eigenvalue weighted by Gasteiger charge is -2.36. The second kappa shape index (κ2) is 6.59. The van der Waals surface area contributed by atoms with Crippen molar-refractivity contribution in [1.82, 2.24) is 10.2 Å². The fourth-order valence-electron chi connectivity index (χ4n) is 2.23. The Morgan fingerprint density at radius 2 is 2.18 bits per heavy atom. The van der Waals surface area contributed by atoms with E-state index in [2.05, 4.69) is 5.32 Å². The third-order valence-corrected chi connectivity index (χ3v) is 3.26. The van der Waals surface area contributed by atoms with Crippen molar-refractivity contribution in [3.8, 4) is 0 Å². The van der Waals surface area contributed by atoms with Gasteiger partial charge in [0, 0.05) is 6.54 Å². The van der Waals surface area contributed by atoms with E-state index in [-0.39, 0.29) is 11.9 Å². The summed E-state index contributed by atoms with van der Waals surface area (Å²) in [7, 11) is 0. The van der Waals surface area contributed by atoms with Crippen molar-refractivity contribution in [2.45, 2.75) is 51.6 Å². The van der Waals surface area contributed by atoms with Gasteiger partial charge in [0.2, 0.25) is 5.91 Å². The molecule has 1 rings (SSSR count). The summed E-state index contributed by atoms with van der Waals surface area (Å²) in [6.07, 6.45) is 3.42. The molecule has 1 fully saturated rings. The molecular formula is C12H22N2O3. The zero-order valence-corrected chi connectivity index (χ0v) is 10.6. The van der Waals surface area contributed by atoms with E-state index in [9.17, 15) is 9.59 Å². The average molecular weight is 242 g/mol. The first-order valence-corrected chi connectivity index (χ1v) is 6.34. The quantitative estimate of drug-likeness (QED) is 0.749. The molecule has 2 unspecified atom stereocenters. The number of hydrogen-bond donors (Lipinski definition) is 2. The highest BCUT2D eigenvalue weighted by Crippen LogP contribution is 2.19. The largest absolute Gasteiger partial charge is 0.480 e. The topological polar surface area (TPSA) is 69.6 Å². The Bertz CT molecular complexity index is 281. The number of hydrogen-bond acceptors (Lipinski definition) is 3. The van der Waals surface area contributed by atoms with E-state index in [1.807, 2.05) is 6.92 Å². The first-order valence-electron chi connectivity index (χ1n) is 6.34. The number of carboxylic acids is 1. The smallest absolute Gasteiger partial charge is 0.320 e. The highest BCUT2D eigenvalue weighted by molar-refractivity contribution is 5.82. The van der Waals surface area contributed by atoms with Crippen LogP contribution in [0.5, 0.6) is 0 Å². The Hall–Kier alpha value is -1.10. The van der Waals surface area contributed by atoms with Gasteiger partial charge in [-0.15, -0.1) is 0 Å². The van der Waals surface area contributed by atoms with Gasteiger partial charge in [0.25, 0.3) is 0 Å². The van der Waals surface area contributed by atoms with Crippen LogP contribution in [0, 0.1) is 0 Å². The van der Waals surface area contributed by atoms with E-state index in [0.717, 1.165) is 19.3 Å². The molecule has 1 heterocycles. The summed E-state index contributed by atoms with van der Waals surface area (Å²) in [6.45, 7) is 5.12. The van der Waals surface area contributed by atoms with Gasteiger partial charge in [-0.05, 0) is 32.7 Å². The molecule has 0 spiro atoms. The van der Waals surface area contributed by atoms with E-state index in [4.69, 9.17) is 5.11 Å². The van der Waals surface area contributed by atoms with E-state index in [1.54, 1.807) is 11.8 Å². The number of carbonyl (C=O) groups excluding carboxylic acids is 1. The summed E-state index contributed by atoms with van der Waals surface area (Å²) in [4.78, 5) is 24.8. The van der Waals surface area contributed by atoms with Gasteiger partial charge in [0.15, 0.2) is 0 Å². The van der Waals surface area contributed by atoms with E-state index in [1.165, 1.54) is 0 Å². The third-order valence-electron chi connectivity index (χ3n) is 3.26. The molecule has 17 heavy (non-hydrogen) atoms. The van der Waals surface area contributed by atoms with Gasteiger partial charge in [0.05, 0.1) is 6.04 Å². The minimum Gasteiger partial charge on any atom is -0.480 e. The molecule has 2 N–H and O–H groups in total. The van der Waals surface area contributed by atoms with Crippen LogP contribution in [0.1, 0.15) is 39.5 Å². The van der Waals surface area contributed by atoms with Crippen LogP contribution in [0.4, 0.5) is 0 Å². The maximum Gasteiger partial charge on any atom is 0.320 e. The van der Waals surface area contributed by atoms with Crippen LogP contribution in [-0.4, -0.2) is 47.1 Å². The van der Waals surface area contributed by atoms with Crippen LogP contribution >= 0.6 is 0 Å². The maximum atomic E-state index is 11.8. The predicted molar refractivity (Wildman–Crippen MR) is 64.7 cm³/mol. The molecule has 0 aromatic carbocycles. The lowest BCUT2D eigenvalue weighted by Crippen LogP contribution is -2.54. The summed E-state index contributed by atoms with van der Waals surface area (Å²) in [5.41, 5.74) is 0. The molecule has 1 aliphatic heterocycles. The molecule has 0 bridgehead atoms. The molecule has 0 aromatic heterocycles. The van der Waals surface area contributed by atoms with E-state index < -0.39 is 12.0 Å². The number of carboxylic acid groups (broad SMARTS) is 1. The fourth-order valence-corrected chi connectivity index (χ4v) is 2.23. The molecule has 2 atom stereocenters. The second-order valence-electron chi connectivity index (χ2n) is 4.55. The highest BCUT2D eigenvalue weighted by Gasteiger charge is 2.34. The van der Waals surface area contributed by atoms with Crippen LogP contribution < -0.4 is 5.32 Å². The van der Waals surface area contributed by atoms with Crippen molar-refractivity contribution >= 4 is 11.9 Å². The van der Waals surface area contributed by atoms with Gasteiger partial charge < -0.3 is 10.4 Å². The molecule has 1 saturated heterocycles. The molecule has 0 radical (unpaired) electrons. The summed E-state index contributed by atoms with van der Waals surface area (Å²) in [5, 5.41) is 12.0. The zero-order chi connectivity index (χ0) is 12.8. The molecule has 0 aromatic rings. The Morgan fingerprint density at radius 3 is 2.76 bits per heavy atom. The van der Waals surface area contributed by atoms with Gasteiger partial charge in [0.1, 0.15) is 6.04 Å². The van der Waals surface area contributed by atoms with E-state index in [0.29, 0.717) is 19.5 Å². The summed E-state index contributed by atoms with van der Waals surface area (Å²) < 4.78 is 0. The van der Waals surface area contributed by atoms with Crippen molar-refractivity contribution in [2.24, 2.45) is 0 Å². The van der Waals surface area contributed by atoms with Crippen LogP contribution in [0.15, 0.2) is 0 Å². The number of likely N-dealkylation sites (tertiary alicyclic amines) is 1. The summed E-state index contributed by atoms with van der Waals surface area (Å²) in [5.74, 6) is -0.889. The van der Waals surface area contributed by atoms with Crippen LogP contribution in [0.3, 0.4) is 0 Å². The van der Waals surface area contributed by atoms with Crippen molar-refractivity contribution in [2.75, 3.05) is 13.1 Å². The Labute approximate surface area is 102 Å². The van der Waals surface area contributed by atoms with Gasteiger partial charge >= 0.3 is 5.97 Å². The van der Waals surface area contributed by atoms with Gasteiger partial charge in [-0.3, -0.25) is 14.5 Å². The monoisotopic (exact) mass is 242 g/mol. The molecule has 0 aliphatic carbocycles. The zero-order valence-electron chi connectivity index (χ0n) is 10.6. The lowest BCUT2D eigenvalue weighted by atomic mass is 10.00. The van der Waals surface area contributed by atoms with Crippen LogP contribution in [-0.2, 0) is 9.59 Å². The van der Waals surface area contributed by atoms with Crippen molar-refractivity contribution in [3.05, 3.63) is 0 Å². The molecule has 0 saturated carbocycles. The number of nitrogens with one attached hydrogen (secondary N) is 1.